The fourth-order valence-corrected chi connectivity index (χ4v) is 3.13. The van der Waals surface area contributed by atoms with Crippen molar-refractivity contribution >= 4 is 17.0 Å². The summed E-state index contributed by atoms with van der Waals surface area (Å²) in [6.07, 6.45) is 2.10. The lowest BCUT2D eigenvalue weighted by Gasteiger charge is -2.00. The van der Waals surface area contributed by atoms with Crippen LogP contribution in [-0.4, -0.2) is 17.0 Å². The van der Waals surface area contributed by atoms with E-state index in [1.165, 1.54) is 10.6 Å². The number of nitrogens with zero attached hydrogens (tertiary/aromatic N) is 1. The summed E-state index contributed by atoms with van der Waals surface area (Å²) in [5, 5.41) is 5.24. The predicted molar refractivity (Wildman–Crippen MR) is 90.9 cm³/mol. The first-order chi connectivity index (χ1) is 10.3. The van der Waals surface area contributed by atoms with E-state index in [1.807, 2.05) is 7.05 Å². The lowest BCUT2D eigenvalue weighted by molar-refractivity contribution is 0.895. The van der Waals surface area contributed by atoms with Crippen molar-refractivity contribution in [2.24, 2.45) is 0 Å². The number of rotatable bonds is 5. The fourth-order valence-electron chi connectivity index (χ4n) is 2.38. The first-order valence-corrected chi connectivity index (χ1v) is 8.10. The molecule has 21 heavy (non-hydrogen) atoms. The van der Waals surface area contributed by atoms with Gasteiger partial charge in [0.2, 0.25) is 0 Å². The predicted octanol–water partition coefficient (Wildman–Crippen LogP) is 4.80. The Morgan fingerprint density at radius 2 is 2.00 bits per heavy atom. The molecule has 3 aromatic rings. The molecule has 4 heteroatoms. The van der Waals surface area contributed by atoms with Gasteiger partial charge in [0.05, 0.1) is 16.3 Å². The van der Waals surface area contributed by atoms with Crippen molar-refractivity contribution in [1.29, 1.82) is 0 Å². The van der Waals surface area contributed by atoms with Gasteiger partial charge in [0.1, 0.15) is 5.82 Å². The van der Waals surface area contributed by atoms with Crippen LogP contribution in [-0.2, 0) is 6.42 Å². The van der Waals surface area contributed by atoms with Crippen LogP contribution in [0.25, 0.3) is 22.0 Å². The first kappa shape index (κ1) is 13.9. The number of anilines is 1. The second-order valence-corrected chi connectivity index (χ2v) is 5.91. The van der Waals surface area contributed by atoms with Gasteiger partial charge in [0, 0.05) is 18.3 Å². The average Bonchev–Trinajstić information content (AvgIpc) is 3.17. The van der Waals surface area contributed by atoms with E-state index in [-0.39, 0.29) is 0 Å². The Hall–Kier alpha value is -2.07. The van der Waals surface area contributed by atoms with Gasteiger partial charge >= 0.3 is 0 Å². The van der Waals surface area contributed by atoms with E-state index in [4.69, 9.17) is 4.98 Å². The smallest absolute Gasteiger partial charge is 0.138 e. The molecule has 0 atom stereocenters. The number of benzene rings is 1. The molecule has 0 saturated carbocycles. The quantitative estimate of drug-likeness (QED) is 0.710. The molecule has 0 saturated heterocycles. The summed E-state index contributed by atoms with van der Waals surface area (Å²) in [4.78, 5) is 9.57. The van der Waals surface area contributed by atoms with Gasteiger partial charge in [-0.25, -0.2) is 4.98 Å². The van der Waals surface area contributed by atoms with Crippen molar-refractivity contribution in [3.8, 4) is 22.0 Å². The van der Waals surface area contributed by atoms with Gasteiger partial charge in [0.15, 0.2) is 0 Å². The molecule has 0 spiro atoms. The highest BCUT2D eigenvalue weighted by atomic mass is 32.1. The minimum atomic E-state index is 0.949. The van der Waals surface area contributed by atoms with Crippen molar-refractivity contribution < 1.29 is 0 Å². The van der Waals surface area contributed by atoms with Crippen LogP contribution in [0.15, 0.2) is 41.8 Å². The summed E-state index contributed by atoms with van der Waals surface area (Å²) in [6.45, 7) is 2.19. The summed E-state index contributed by atoms with van der Waals surface area (Å²) in [5.41, 5.74) is 4.55. The fraction of sp³-hybridized carbons (Fsp3) is 0.235. The Kier molecular flexibility index (Phi) is 4.06. The van der Waals surface area contributed by atoms with E-state index in [9.17, 15) is 0 Å². The third kappa shape index (κ3) is 2.85. The number of aromatic amines is 1. The molecule has 3 nitrogen and oxygen atoms in total. The molecule has 0 unspecified atom stereocenters. The Bertz CT molecular complexity index is 696. The number of hydrogen-bond acceptors (Lipinski definition) is 3. The first-order valence-electron chi connectivity index (χ1n) is 7.22. The van der Waals surface area contributed by atoms with Gasteiger partial charge in [-0.05, 0) is 42.1 Å². The molecule has 2 heterocycles. The Morgan fingerprint density at radius 3 is 2.62 bits per heavy atom. The summed E-state index contributed by atoms with van der Waals surface area (Å²) in [7, 11) is 1.93. The topological polar surface area (TPSA) is 40.7 Å². The van der Waals surface area contributed by atoms with Gasteiger partial charge in [-0.3, -0.25) is 0 Å². The minimum Gasteiger partial charge on any atom is -0.388 e. The van der Waals surface area contributed by atoms with Gasteiger partial charge in [0.25, 0.3) is 0 Å². The summed E-state index contributed by atoms with van der Waals surface area (Å²) in [6, 6.07) is 12.6. The van der Waals surface area contributed by atoms with Crippen LogP contribution in [0, 0.1) is 0 Å². The van der Waals surface area contributed by atoms with E-state index in [2.05, 4.69) is 59.0 Å². The molecule has 0 radical (unpaired) electrons. The molecule has 1 aromatic carbocycles. The molecule has 0 fully saturated rings. The highest BCUT2D eigenvalue weighted by molar-refractivity contribution is 7.13. The van der Waals surface area contributed by atoms with Crippen molar-refractivity contribution in [2.75, 3.05) is 12.4 Å². The maximum Gasteiger partial charge on any atom is 0.138 e. The second kappa shape index (κ2) is 6.14. The van der Waals surface area contributed by atoms with Crippen LogP contribution in [0.2, 0.25) is 0 Å². The monoisotopic (exact) mass is 297 g/mol. The van der Waals surface area contributed by atoms with E-state index >= 15 is 0 Å². The molecule has 0 aliphatic carbocycles. The molecule has 2 N–H and O–H groups in total. The number of imidazole rings is 1. The molecule has 0 aliphatic rings. The summed E-state index contributed by atoms with van der Waals surface area (Å²) < 4.78 is 0. The summed E-state index contributed by atoms with van der Waals surface area (Å²) >= 11 is 1.75. The third-order valence-electron chi connectivity index (χ3n) is 3.48. The zero-order chi connectivity index (χ0) is 14.7. The average molecular weight is 297 g/mol. The zero-order valence-electron chi connectivity index (χ0n) is 12.3. The number of thiophene rings is 1. The molecule has 108 valence electrons. The Labute approximate surface area is 129 Å². The van der Waals surface area contributed by atoms with Gasteiger partial charge in [-0.1, -0.05) is 19.4 Å². The molecule has 0 bridgehead atoms. The van der Waals surface area contributed by atoms with Gasteiger partial charge in [-0.15, -0.1) is 11.3 Å². The number of aromatic nitrogens is 2. The van der Waals surface area contributed by atoms with Gasteiger partial charge < -0.3 is 10.3 Å². The van der Waals surface area contributed by atoms with E-state index in [1.54, 1.807) is 11.3 Å². The number of hydrogen-bond donors (Lipinski definition) is 2. The van der Waals surface area contributed by atoms with Crippen LogP contribution in [0.4, 0.5) is 5.69 Å². The third-order valence-corrected chi connectivity index (χ3v) is 4.37. The van der Waals surface area contributed by atoms with E-state index < -0.39 is 0 Å². The van der Waals surface area contributed by atoms with Gasteiger partial charge in [-0.2, -0.15) is 0 Å². The van der Waals surface area contributed by atoms with Crippen molar-refractivity contribution in [2.45, 2.75) is 19.8 Å². The molecule has 3 rings (SSSR count). The second-order valence-electron chi connectivity index (χ2n) is 4.96. The minimum absolute atomic E-state index is 0.949. The van der Waals surface area contributed by atoms with Crippen LogP contribution >= 0.6 is 11.3 Å². The van der Waals surface area contributed by atoms with Crippen LogP contribution in [0.1, 0.15) is 19.0 Å². The van der Waals surface area contributed by atoms with Crippen molar-refractivity contribution in [3.05, 3.63) is 47.5 Å². The molecular weight excluding hydrogens is 278 g/mol. The Morgan fingerprint density at radius 1 is 1.19 bits per heavy atom. The van der Waals surface area contributed by atoms with Crippen LogP contribution in [0.5, 0.6) is 0 Å². The largest absolute Gasteiger partial charge is 0.388 e. The Balaban J connectivity index is 2.01. The number of aryl methyl sites for hydroxylation is 1. The number of H-pyrrole nitrogens is 1. The van der Waals surface area contributed by atoms with E-state index in [0.717, 1.165) is 35.6 Å². The molecule has 0 amide bonds. The van der Waals surface area contributed by atoms with Crippen LogP contribution < -0.4 is 5.32 Å². The lowest BCUT2D eigenvalue weighted by atomic mass is 10.2. The summed E-state index contributed by atoms with van der Waals surface area (Å²) in [5.74, 6) is 0.949. The maximum absolute atomic E-state index is 4.81. The van der Waals surface area contributed by atoms with Crippen molar-refractivity contribution in [1.82, 2.24) is 9.97 Å². The standard InChI is InChI=1S/C17H19N3S/c1-3-5-14-16(15-6-4-11-21-15)20-17(19-14)12-7-9-13(18-2)10-8-12/h4,6-11,18H,3,5H2,1-2H3,(H,19,20). The zero-order valence-corrected chi connectivity index (χ0v) is 13.1. The molecule has 2 aromatic heterocycles. The highest BCUT2D eigenvalue weighted by Crippen LogP contribution is 2.30. The SMILES string of the molecule is CCCc1nc(-c2ccc(NC)cc2)[nH]c1-c1cccs1. The maximum atomic E-state index is 4.81. The van der Waals surface area contributed by atoms with Crippen LogP contribution in [0.3, 0.4) is 0 Å². The van der Waals surface area contributed by atoms with Crippen molar-refractivity contribution in [3.63, 3.8) is 0 Å². The normalized spacial score (nSPS) is 10.8. The molecular formula is C17H19N3S. The number of nitrogens with one attached hydrogen (secondary N) is 2. The lowest BCUT2D eigenvalue weighted by Crippen LogP contribution is -1.88. The molecule has 0 aliphatic heterocycles. The highest BCUT2D eigenvalue weighted by Gasteiger charge is 2.13. The van der Waals surface area contributed by atoms with E-state index in [0.29, 0.717) is 0 Å².